The lowest BCUT2D eigenvalue weighted by molar-refractivity contribution is -0.196. The Balaban J connectivity index is 1.90. The molecular formula is C18H14BrF3N4O3S. The molecule has 0 fully saturated rings. The summed E-state index contributed by atoms with van der Waals surface area (Å²) in [6, 6.07) is 7.14. The van der Waals surface area contributed by atoms with Gasteiger partial charge in [-0.2, -0.15) is 18.2 Å². The van der Waals surface area contributed by atoms with Crippen molar-refractivity contribution in [2.24, 2.45) is 0 Å². The van der Waals surface area contributed by atoms with Crippen LogP contribution in [-0.4, -0.2) is 37.6 Å². The third-order valence-electron chi connectivity index (χ3n) is 4.97. The van der Waals surface area contributed by atoms with Crippen LogP contribution in [0, 0.1) is 0 Å². The Bertz CT molecular complexity index is 1120. The number of aromatic nitrogens is 2. The number of nitrogens with zero attached hydrogens (tertiary/aromatic N) is 2. The maximum atomic E-state index is 14.3. The van der Waals surface area contributed by atoms with Crippen LogP contribution in [0.25, 0.3) is 0 Å². The Morgan fingerprint density at radius 2 is 2.00 bits per heavy atom. The molecule has 4 rings (SSSR count). The molecule has 7 nitrogen and oxygen atoms in total. The van der Waals surface area contributed by atoms with E-state index in [9.17, 15) is 27.6 Å². The molecule has 2 aromatic rings. The van der Waals surface area contributed by atoms with E-state index in [2.05, 4.69) is 26.2 Å². The number of rotatable bonds is 3. The second-order valence-corrected chi connectivity index (χ2v) is 9.33. The molecule has 2 atom stereocenters. The zero-order chi connectivity index (χ0) is 21.9. The van der Waals surface area contributed by atoms with Crippen molar-refractivity contribution in [2.45, 2.75) is 35.1 Å². The van der Waals surface area contributed by atoms with Crippen molar-refractivity contribution in [3.8, 4) is 0 Å². The summed E-state index contributed by atoms with van der Waals surface area (Å²) < 4.78 is 43.8. The number of fused-ring (bicyclic) bond motifs is 3. The highest BCUT2D eigenvalue weighted by Crippen LogP contribution is 2.49. The lowest BCUT2D eigenvalue weighted by Gasteiger charge is -2.30. The van der Waals surface area contributed by atoms with E-state index in [1.165, 1.54) is 40.6 Å². The van der Waals surface area contributed by atoms with Crippen molar-refractivity contribution in [2.75, 3.05) is 10.6 Å². The fourth-order valence-corrected chi connectivity index (χ4v) is 5.10. The third-order valence-corrected chi connectivity index (χ3v) is 7.84. The summed E-state index contributed by atoms with van der Waals surface area (Å²) in [5.41, 5.74) is -5.77. The molecule has 2 N–H and O–H groups in total. The summed E-state index contributed by atoms with van der Waals surface area (Å²) in [5, 5.41) is 4.64. The number of carbonyl (C=O) groups excluding carboxylic acids is 2. The molecule has 1 aromatic heterocycles. The van der Waals surface area contributed by atoms with Crippen molar-refractivity contribution in [3.05, 3.63) is 51.8 Å². The predicted molar refractivity (Wildman–Crippen MR) is 107 cm³/mol. The normalized spacial score (nSPS) is 24.9. The molecule has 30 heavy (non-hydrogen) atoms. The standard InChI is InChI=1S/C18H14BrF3N4O3S/c1-16(7-19)8-26-11-10(13(28)24-15(26)30-16)17(14(29)23-11,18(20,21)22)25-12(27)9-5-3-2-4-6-9/h2-6H,7-8H2,1H3,(H,23,29)(H,25,27). The number of carbonyl (C=O) groups is 2. The number of alkyl halides is 4. The lowest BCUT2D eigenvalue weighted by atomic mass is 9.91. The average Bonchev–Trinajstić information content (AvgIpc) is 3.18. The van der Waals surface area contributed by atoms with Crippen LogP contribution in [0.5, 0.6) is 0 Å². The van der Waals surface area contributed by atoms with Crippen molar-refractivity contribution in [3.63, 3.8) is 0 Å². The van der Waals surface area contributed by atoms with Gasteiger partial charge in [0, 0.05) is 22.2 Å². The van der Waals surface area contributed by atoms with Gasteiger partial charge in [-0.15, -0.1) is 0 Å². The van der Waals surface area contributed by atoms with Crippen LogP contribution in [0.4, 0.5) is 19.0 Å². The third kappa shape index (κ3) is 2.96. The van der Waals surface area contributed by atoms with Crippen LogP contribution in [0.15, 0.2) is 40.3 Å². The van der Waals surface area contributed by atoms with E-state index in [-0.39, 0.29) is 23.1 Å². The van der Waals surface area contributed by atoms with Crippen molar-refractivity contribution >= 4 is 45.3 Å². The molecule has 0 radical (unpaired) electrons. The number of anilines is 1. The van der Waals surface area contributed by atoms with Crippen LogP contribution in [-0.2, 0) is 16.9 Å². The Kier molecular flexibility index (Phi) is 4.77. The molecular weight excluding hydrogens is 489 g/mol. The van der Waals surface area contributed by atoms with Gasteiger partial charge in [0.25, 0.3) is 22.9 Å². The number of amides is 2. The van der Waals surface area contributed by atoms with Crippen LogP contribution in [0.3, 0.4) is 0 Å². The zero-order valence-electron chi connectivity index (χ0n) is 15.3. The van der Waals surface area contributed by atoms with Crippen molar-refractivity contribution in [1.29, 1.82) is 0 Å². The Hall–Kier alpha value is -2.34. The first-order valence-corrected chi connectivity index (χ1v) is 10.6. The fourth-order valence-electron chi connectivity index (χ4n) is 3.49. The number of hydrogen-bond acceptors (Lipinski definition) is 5. The quantitative estimate of drug-likeness (QED) is 0.497. The van der Waals surface area contributed by atoms with Crippen LogP contribution in [0.2, 0.25) is 0 Å². The zero-order valence-corrected chi connectivity index (χ0v) is 17.7. The van der Waals surface area contributed by atoms with Gasteiger partial charge < -0.3 is 15.2 Å². The SMILES string of the molecule is CC1(CBr)Cn2c(nc(=O)c3c2NC(=O)C3(NC(=O)c2ccccc2)C(F)(F)F)S1. The van der Waals surface area contributed by atoms with Gasteiger partial charge in [-0.1, -0.05) is 45.9 Å². The molecule has 0 saturated heterocycles. The first kappa shape index (κ1) is 20.9. The van der Waals surface area contributed by atoms with E-state index in [0.29, 0.717) is 5.33 Å². The van der Waals surface area contributed by atoms with Gasteiger partial charge in [-0.3, -0.25) is 14.4 Å². The molecule has 12 heteroatoms. The summed E-state index contributed by atoms with van der Waals surface area (Å²) in [5.74, 6) is -2.98. The monoisotopic (exact) mass is 502 g/mol. The highest BCUT2D eigenvalue weighted by atomic mass is 79.9. The maximum absolute atomic E-state index is 14.3. The van der Waals surface area contributed by atoms with Crippen LogP contribution in [0.1, 0.15) is 22.8 Å². The Morgan fingerprint density at radius 1 is 1.33 bits per heavy atom. The molecule has 0 bridgehead atoms. The van der Waals surface area contributed by atoms with Gasteiger partial charge >= 0.3 is 6.18 Å². The van der Waals surface area contributed by atoms with E-state index >= 15 is 0 Å². The van der Waals surface area contributed by atoms with E-state index in [0.717, 1.165) is 0 Å². The van der Waals surface area contributed by atoms with Crippen molar-refractivity contribution < 1.29 is 22.8 Å². The van der Waals surface area contributed by atoms with Gasteiger partial charge in [0.15, 0.2) is 5.16 Å². The molecule has 0 aliphatic carbocycles. The number of nitrogens with one attached hydrogen (secondary N) is 2. The van der Waals surface area contributed by atoms with Crippen molar-refractivity contribution in [1.82, 2.24) is 14.9 Å². The van der Waals surface area contributed by atoms with Gasteiger partial charge in [-0.25, -0.2) is 0 Å². The molecule has 158 valence electrons. The number of thioether (sulfide) groups is 1. The Labute approximate surface area is 180 Å². The number of halogens is 4. The molecule has 2 unspecified atom stereocenters. The smallest absolute Gasteiger partial charge is 0.326 e. The molecule has 1 aromatic carbocycles. The first-order chi connectivity index (χ1) is 14.0. The molecule has 2 amide bonds. The highest BCUT2D eigenvalue weighted by molar-refractivity contribution is 9.09. The van der Waals surface area contributed by atoms with Crippen LogP contribution >= 0.6 is 27.7 Å². The largest absolute Gasteiger partial charge is 0.425 e. The number of benzene rings is 1. The van der Waals surface area contributed by atoms with Crippen LogP contribution < -0.4 is 16.2 Å². The minimum absolute atomic E-state index is 0.0842. The molecule has 0 spiro atoms. The topological polar surface area (TPSA) is 93.1 Å². The Morgan fingerprint density at radius 3 is 2.60 bits per heavy atom. The minimum atomic E-state index is -5.28. The van der Waals surface area contributed by atoms with Gasteiger partial charge in [0.05, 0.1) is 0 Å². The molecule has 2 aliphatic rings. The van der Waals surface area contributed by atoms with E-state index in [1.807, 2.05) is 6.92 Å². The van der Waals surface area contributed by atoms with Gasteiger partial charge in [0.2, 0.25) is 0 Å². The second-order valence-electron chi connectivity index (χ2n) is 7.22. The predicted octanol–water partition coefficient (Wildman–Crippen LogP) is 2.64. The van der Waals surface area contributed by atoms with E-state index in [4.69, 9.17) is 0 Å². The molecule has 3 heterocycles. The summed E-state index contributed by atoms with van der Waals surface area (Å²) in [7, 11) is 0. The molecule has 0 saturated carbocycles. The van der Waals surface area contributed by atoms with E-state index < -0.39 is 39.4 Å². The molecule has 2 aliphatic heterocycles. The van der Waals surface area contributed by atoms with Gasteiger partial charge in [-0.05, 0) is 19.1 Å². The average molecular weight is 503 g/mol. The summed E-state index contributed by atoms with van der Waals surface area (Å²) in [6.07, 6.45) is -5.28. The second kappa shape index (κ2) is 6.84. The minimum Gasteiger partial charge on any atom is -0.326 e. The maximum Gasteiger partial charge on any atom is 0.425 e. The first-order valence-electron chi connectivity index (χ1n) is 8.68. The highest BCUT2D eigenvalue weighted by Gasteiger charge is 2.69. The fraction of sp³-hybridized carbons (Fsp3) is 0.333. The summed E-state index contributed by atoms with van der Waals surface area (Å²) in [6.45, 7) is 2.07. The summed E-state index contributed by atoms with van der Waals surface area (Å²) in [4.78, 5) is 41.8. The summed E-state index contributed by atoms with van der Waals surface area (Å²) >= 11 is 4.57. The number of hydrogen-bond donors (Lipinski definition) is 2. The lowest BCUT2D eigenvalue weighted by Crippen LogP contribution is -2.61. The van der Waals surface area contributed by atoms with E-state index in [1.54, 1.807) is 11.4 Å². The van der Waals surface area contributed by atoms with Gasteiger partial charge in [0.1, 0.15) is 11.4 Å².